The molecule has 0 bridgehead atoms. The fraction of sp³-hybridized carbons (Fsp3) is 0.400. The Labute approximate surface area is 118 Å². The number of hydrogen-bond acceptors (Lipinski definition) is 7. The summed E-state index contributed by atoms with van der Waals surface area (Å²) in [6, 6.07) is 0. The van der Waals surface area contributed by atoms with Gasteiger partial charge in [-0.15, -0.1) is 11.3 Å². The molecule has 0 aromatic carbocycles. The molecule has 1 amide bonds. The molecule has 0 spiro atoms. The van der Waals surface area contributed by atoms with Gasteiger partial charge in [-0.05, 0) is 6.92 Å². The maximum Gasteiger partial charge on any atom is 0.362 e. The maximum absolute atomic E-state index is 11.7. The molecule has 0 atom stereocenters. The number of aromatic nitrogens is 1. The van der Waals surface area contributed by atoms with E-state index in [1.807, 2.05) is 0 Å². The van der Waals surface area contributed by atoms with Crippen LogP contribution in [-0.4, -0.2) is 36.3 Å². The van der Waals surface area contributed by atoms with Crippen molar-refractivity contribution in [3.8, 4) is 0 Å². The van der Waals surface area contributed by atoms with Gasteiger partial charge in [-0.25, -0.2) is 9.78 Å². The lowest BCUT2D eigenvalue weighted by atomic mass is 10.3. The van der Waals surface area contributed by atoms with E-state index in [1.54, 1.807) is 6.92 Å². The van der Waals surface area contributed by atoms with Crippen LogP contribution in [-0.2, 0) is 19.2 Å². The standard InChI is InChI=1S/C10H12ClN3O4S/c1-4-18-9(16)8(13-17-3)7-5-19-10(12-7)14(11)6(2)15/h5H,4H2,1-3H3. The summed E-state index contributed by atoms with van der Waals surface area (Å²) in [5.41, 5.74) is 0.146. The maximum atomic E-state index is 11.7. The number of halogens is 1. The Morgan fingerprint density at radius 1 is 1.58 bits per heavy atom. The second kappa shape index (κ2) is 7.05. The third kappa shape index (κ3) is 3.90. The highest BCUT2D eigenvalue weighted by Gasteiger charge is 2.22. The number of oxime groups is 1. The van der Waals surface area contributed by atoms with E-state index >= 15 is 0 Å². The molecule has 1 rings (SSSR count). The smallest absolute Gasteiger partial charge is 0.362 e. The molecular formula is C10H12ClN3O4S. The lowest BCUT2D eigenvalue weighted by Crippen LogP contribution is -2.20. The van der Waals surface area contributed by atoms with E-state index in [-0.39, 0.29) is 29.1 Å². The van der Waals surface area contributed by atoms with E-state index in [0.29, 0.717) is 0 Å². The van der Waals surface area contributed by atoms with Crippen molar-refractivity contribution < 1.29 is 19.2 Å². The second-order valence-corrected chi connectivity index (χ2v) is 4.33. The lowest BCUT2D eigenvalue weighted by molar-refractivity contribution is -0.135. The number of thiazole rings is 1. The van der Waals surface area contributed by atoms with Crippen molar-refractivity contribution in [2.75, 3.05) is 18.1 Å². The van der Waals surface area contributed by atoms with Crippen molar-refractivity contribution in [1.82, 2.24) is 4.98 Å². The number of nitrogens with zero attached hydrogens (tertiary/aromatic N) is 3. The predicted octanol–water partition coefficient (Wildman–Crippen LogP) is 1.56. The van der Waals surface area contributed by atoms with E-state index in [0.717, 1.165) is 15.8 Å². The molecule has 0 aliphatic carbocycles. The molecule has 0 aliphatic heterocycles. The monoisotopic (exact) mass is 305 g/mol. The Morgan fingerprint density at radius 2 is 2.26 bits per heavy atom. The van der Waals surface area contributed by atoms with Crippen LogP contribution < -0.4 is 4.42 Å². The Hall–Kier alpha value is -1.67. The number of carbonyl (C=O) groups is 2. The molecule has 0 N–H and O–H groups in total. The first kappa shape index (κ1) is 15.4. The van der Waals surface area contributed by atoms with Crippen molar-refractivity contribution in [3.63, 3.8) is 0 Å². The first-order chi connectivity index (χ1) is 9.01. The number of esters is 1. The summed E-state index contributed by atoms with van der Waals surface area (Å²) >= 11 is 6.81. The molecule has 0 saturated carbocycles. The summed E-state index contributed by atoms with van der Waals surface area (Å²) in [6.07, 6.45) is 0. The van der Waals surface area contributed by atoms with Crippen LogP contribution in [0.3, 0.4) is 0 Å². The molecule has 0 aliphatic rings. The Balaban J connectivity index is 3.02. The van der Waals surface area contributed by atoms with Crippen LogP contribution in [0.1, 0.15) is 19.5 Å². The van der Waals surface area contributed by atoms with Crippen molar-refractivity contribution >= 4 is 45.8 Å². The molecule has 0 fully saturated rings. The largest absolute Gasteiger partial charge is 0.461 e. The van der Waals surface area contributed by atoms with Gasteiger partial charge in [-0.3, -0.25) is 4.79 Å². The summed E-state index contributed by atoms with van der Waals surface area (Å²) in [6.45, 7) is 3.17. The van der Waals surface area contributed by atoms with Crippen LogP contribution in [0, 0.1) is 0 Å². The summed E-state index contributed by atoms with van der Waals surface area (Å²) in [7, 11) is 1.30. The number of carbonyl (C=O) groups excluding carboxylic acids is 2. The third-order valence-electron chi connectivity index (χ3n) is 1.83. The first-order valence-corrected chi connectivity index (χ1v) is 6.43. The Kier molecular flexibility index (Phi) is 5.71. The van der Waals surface area contributed by atoms with E-state index < -0.39 is 5.97 Å². The molecule has 0 radical (unpaired) electrons. The number of hydrogen-bond donors (Lipinski definition) is 0. The van der Waals surface area contributed by atoms with Crippen LogP contribution in [0.2, 0.25) is 0 Å². The average Bonchev–Trinajstić information content (AvgIpc) is 2.84. The average molecular weight is 306 g/mol. The summed E-state index contributed by atoms with van der Waals surface area (Å²) in [4.78, 5) is 31.4. The molecule has 1 heterocycles. The van der Waals surface area contributed by atoms with E-state index in [9.17, 15) is 9.59 Å². The number of amides is 1. The van der Waals surface area contributed by atoms with E-state index in [1.165, 1.54) is 19.4 Å². The fourth-order valence-corrected chi connectivity index (χ4v) is 1.99. The van der Waals surface area contributed by atoms with Gasteiger partial charge in [0.15, 0.2) is 0 Å². The van der Waals surface area contributed by atoms with Gasteiger partial charge in [0, 0.05) is 24.1 Å². The van der Waals surface area contributed by atoms with Crippen LogP contribution in [0.5, 0.6) is 0 Å². The number of rotatable bonds is 5. The molecule has 1 aromatic heterocycles. The Morgan fingerprint density at radius 3 is 2.79 bits per heavy atom. The first-order valence-electron chi connectivity index (χ1n) is 5.21. The molecule has 104 valence electrons. The van der Waals surface area contributed by atoms with Crippen LogP contribution in [0.15, 0.2) is 10.5 Å². The van der Waals surface area contributed by atoms with Gasteiger partial charge in [-0.2, -0.15) is 4.42 Å². The Bertz CT molecular complexity index is 503. The zero-order valence-corrected chi connectivity index (χ0v) is 12.1. The minimum absolute atomic E-state index is 0.0829. The van der Waals surface area contributed by atoms with Crippen LogP contribution >= 0.6 is 23.1 Å². The van der Waals surface area contributed by atoms with Gasteiger partial charge < -0.3 is 9.57 Å². The topological polar surface area (TPSA) is 81.1 Å². The highest BCUT2D eigenvalue weighted by Crippen LogP contribution is 2.23. The highest BCUT2D eigenvalue weighted by molar-refractivity contribution is 7.14. The van der Waals surface area contributed by atoms with Gasteiger partial charge in [0.05, 0.1) is 6.61 Å². The minimum Gasteiger partial charge on any atom is -0.461 e. The van der Waals surface area contributed by atoms with Crippen LogP contribution in [0.25, 0.3) is 0 Å². The third-order valence-corrected chi connectivity index (χ3v) is 3.15. The molecular weight excluding hydrogens is 294 g/mol. The SMILES string of the molecule is CCOC(=O)C(=NOC)c1csc(N(Cl)C(C)=O)n1. The minimum atomic E-state index is -0.662. The van der Waals surface area contributed by atoms with Gasteiger partial charge in [0.25, 0.3) is 0 Å². The van der Waals surface area contributed by atoms with E-state index in [2.05, 4.69) is 15.0 Å². The zero-order valence-electron chi connectivity index (χ0n) is 10.5. The molecule has 19 heavy (non-hydrogen) atoms. The van der Waals surface area contributed by atoms with Gasteiger partial charge in [-0.1, -0.05) is 5.16 Å². The summed E-state index contributed by atoms with van der Waals surface area (Å²) < 4.78 is 5.68. The van der Waals surface area contributed by atoms with Gasteiger partial charge in [0.2, 0.25) is 16.8 Å². The van der Waals surface area contributed by atoms with Crippen molar-refractivity contribution in [2.24, 2.45) is 5.16 Å². The zero-order chi connectivity index (χ0) is 14.4. The summed E-state index contributed by atoms with van der Waals surface area (Å²) in [5.74, 6) is -1.05. The fourth-order valence-electron chi connectivity index (χ4n) is 1.08. The quantitative estimate of drug-likeness (QED) is 0.357. The lowest BCUT2D eigenvalue weighted by Gasteiger charge is -2.05. The molecule has 0 unspecified atom stereocenters. The van der Waals surface area contributed by atoms with Gasteiger partial charge >= 0.3 is 5.97 Å². The molecule has 0 saturated heterocycles. The molecule has 9 heteroatoms. The van der Waals surface area contributed by atoms with Crippen molar-refractivity contribution in [3.05, 3.63) is 11.1 Å². The predicted molar refractivity (Wildman–Crippen MR) is 71.3 cm³/mol. The van der Waals surface area contributed by atoms with Gasteiger partial charge in [0.1, 0.15) is 12.8 Å². The number of ether oxygens (including phenoxy) is 1. The normalized spacial score (nSPS) is 11.1. The number of anilines is 1. The molecule has 7 nitrogen and oxygen atoms in total. The highest BCUT2D eigenvalue weighted by atomic mass is 35.5. The van der Waals surface area contributed by atoms with Crippen molar-refractivity contribution in [2.45, 2.75) is 13.8 Å². The van der Waals surface area contributed by atoms with E-state index in [4.69, 9.17) is 16.5 Å². The molecule has 1 aromatic rings. The van der Waals surface area contributed by atoms with Crippen molar-refractivity contribution in [1.29, 1.82) is 0 Å². The second-order valence-electron chi connectivity index (χ2n) is 3.16. The van der Waals surface area contributed by atoms with Crippen LogP contribution in [0.4, 0.5) is 5.13 Å². The summed E-state index contributed by atoms with van der Waals surface area (Å²) in [5, 5.41) is 5.33.